The van der Waals surface area contributed by atoms with Gasteiger partial charge in [0.2, 0.25) is 5.91 Å². The fraction of sp³-hybridized carbons (Fsp3) is 0.667. The summed E-state index contributed by atoms with van der Waals surface area (Å²) in [5, 5.41) is 19.0. The maximum atomic E-state index is 11.8. The number of aromatic nitrogens is 2. The van der Waals surface area contributed by atoms with Crippen LogP contribution in [0.15, 0.2) is 12.3 Å². The summed E-state index contributed by atoms with van der Waals surface area (Å²) < 4.78 is 0. The van der Waals surface area contributed by atoms with Gasteiger partial charge in [-0.15, -0.1) is 0 Å². The molecule has 1 aliphatic carbocycles. The van der Waals surface area contributed by atoms with E-state index in [1.54, 1.807) is 12.3 Å². The quantitative estimate of drug-likeness (QED) is 0.718. The van der Waals surface area contributed by atoms with Gasteiger partial charge in [-0.05, 0) is 18.9 Å². The van der Waals surface area contributed by atoms with Crippen molar-refractivity contribution in [3.8, 4) is 0 Å². The predicted molar refractivity (Wildman–Crippen MR) is 63.3 cm³/mol. The number of carbonyl (C=O) groups excluding carboxylic acids is 1. The third-order valence-corrected chi connectivity index (χ3v) is 3.69. The number of carbonyl (C=O) groups is 1. The average molecular weight is 237 g/mol. The Labute approximate surface area is 101 Å². The van der Waals surface area contributed by atoms with Crippen molar-refractivity contribution in [3.05, 3.63) is 18.0 Å². The summed E-state index contributed by atoms with van der Waals surface area (Å²) >= 11 is 0. The Morgan fingerprint density at radius 3 is 3.24 bits per heavy atom. The van der Waals surface area contributed by atoms with Crippen LogP contribution in [-0.2, 0) is 11.2 Å². The third kappa shape index (κ3) is 2.66. The van der Waals surface area contributed by atoms with Crippen molar-refractivity contribution in [2.45, 2.75) is 38.6 Å². The van der Waals surface area contributed by atoms with Gasteiger partial charge >= 0.3 is 0 Å². The number of nitrogens with one attached hydrogen (secondary N) is 2. The Kier molecular flexibility index (Phi) is 3.47. The lowest BCUT2D eigenvalue weighted by molar-refractivity contribution is -0.122. The molecular weight excluding hydrogens is 218 g/mol. The maximum absolute atomic E-state index is 11.8. The van der Waals surface area contributed by atoms with Crippen molar-refractivity contribution in [1.82, 2.24) is 15.5 Å². The Bertz CT molecular complexity index is 377. The molecule has 1 aromatic heterocycles. The van der Waals surface area contributed by atoms with Gasteiger partial charge in [0.05, 0.1) is 13.0 Å². The van der Waals surface area contributed by atoms with Crippen LogP contribution in [0.2, 0.25) is 0 Å². The van der Waals surface area contributed by atoms with Crippen LogP contribution in [0.1, 0.15) is 31.9 Å². The molecule has 1 aliphatic rings. The second-order valence-corrected chi connectivity index (χ2v) is 5.08. The zero-order valence-corrected chi connectivity index (χ0v) is 10.1. The molecule has 2 unspecified atom stereocenters. The summed E-state index contributed by atoms with van der Waals surface area (Å²) in [6.45, 7) is 2.16. The highest BCUT2D eigenvalue weighted by Gasteiger charge is 2.38. The molecular formula is C12H19N3O2. The van der Waals surface area contributed by atoms with Crippen LogP contribution < -0.4 is 5.32 Å². The lowest BCUT2D eigenvalue weighted by Crippen LogP contribution is -2.45. The number of aliphatic hydroxyl groups is 1. The SMILES string of the molecule is CC1(CO)CCCC1NC(=O)Cc1ccn[nH]1. The molecule has 1 amide bonds. The largest absolute Gasteiger partial charge is 0.396 e. The highest BCUT2D eigenvalue weighted by Crippen LogP contribution is 2.37. The van der Waals surface area contributed by atoms with E-state index in [9.17, 15) is 9.90 Å². The van der Waals surface area contributed by atoms with Crippen molar-refractivity contribution in [2.75, 3.05) is 6.61 Å². The molecule has 3 N–H and O–H groups in total. The summed E-state index contributed by atoms with van der Waals surface area (Å²) in [5.41, 5.74) is 0.648. The fourth-order valence-electron chi connectivity index (χ4n) is 2.47. The smallest absolute Gasteiger partial charge is 0.226 e. The highest BCUT2D eigenvalue weighted by atomic mass is 16.3. The van der Waals surface area contributed by atoms with Gasteiger partial charge in [-0.2, -0.15) is 5.10 Å². The number of aliphatic hydroxyl groups excluding tert-OH is 1. The number of nitrogens with zero attached hydrogens (tertiary/aromatic N) is 1. The van der Waals surface area contributed by atoms with Gasteiger partial charge in [-0.3, -0.25) is 9.89 Å². The van der Waals surface area contributed by atoms with E-state index in [1.807, 2.05) is 6.92 Å². The Morgan fingerprint density at radius 1 is 1.76 bits per heavy atom. The van der Waals surface area contributed by atoms with Crippen LogP contribution in [0.25, 0.3) is 0 Å². The van der Waals surface area contributed by atoms with Crippen molar-refractivity contribution in [2.24, 2.45) is 5.41 Å². The van der Waals surface area contributed by atoms with Gasteiger partial charge in [0.15, 0.2) is 0 Å². The van der Waals surface area contributed by atoms with Crippen LogP contribution >= 0.6 is 0 Å². The molecule has 0 radical (unpaired) electrons. The molecule has 0 bridgehead atoms. The minimum Gasteiger partial charge on any atom is -0.396 e. The van der Waals surface area contributed by atoms with E-state index in [2.05, 4.69) is 15.5 Å². The van der Waals surface area contributed by atoms with E-state index >= 15 is 0 Å². The minimum atomic E-state index is -0.163. The summed E-state index contributed by atoms with van der Waals surface area (Å²) in [4.78, 5) is 11.8. The molecule has 94 valence electrons. The molecule has 0 aliphatic heterocycles. The number of hydrogen-bond acceptors (Lipinski definition) is 3. The van der Waals surface area contributed by atoms with Crippen molar-refractivity contribution in [3.63, 3.8) is 0 Å². The van der Waals surface area contributed by atoms with Gasteiger partial charge < -0.3 is 10.4 Å². The Balaban J connectivity index is 1.90. The Morgan fingerprint density at radius 2 is 2.59 bits per heavy atom. The molecule has 2 rings (SSSR count). The van der Waals surface area contributed by atoms with Crippen molar-refractivity contribution in [1.29, 1.82) is 0 Å². The van der Waals surface area contributed by atoms with Crippen molar-refractivity contribution < 1.29 is 9.90 Å². The average Bonchev–Trinajstić information content (AvgIpc) is 2.91. The first-order valence-electron chi connectivity index (χ1n) is 6.02. The summed E-state index contributed by atoms with van der Waals surface area (Å²) in [6.07, 6.45) is 4.93. The van der Waals surface area contributed by atoms with Gasteiger partial charge in [-0.1, -0.05) is 13.3 Å². The van der Waals surface area contributed by atoms with E-state index in [-0.39, 0.29) is 24.0 Å². The number of H-pyrrole nitrogens is 1. The zero-order chi connectivity index (χ0) is 12.3. The third-order valence-electron chi connectivity index (χ3n) is 3.69. The maximum Gasteiger partial charge on any atom is 0.226 e. The zero-order valence-electron chi connectivity index (χ0n) is 10.1. The fourth-order valence-corrected chi connectivity index (χ4v) is 2.47. The Hall–Kier alpha value is -1.36. The first-order valence-corrected chi connectivity index (χ1v) is 6.02. The molecule has 0 spiro atoms. The second kappa shape index (κ2) is 4.87. The van der Waals surface area contributed by atoms with E-state index in [0.717, 1.165) is 25.0 Å². The number of aromatic amines is 1. The monoisotopic (exact) mass is 237 g/mol. The van der Waals surface area contributed by atoms with Crippen LogP contribution in [0, 0.1) is 5.41 Å². The number of amides is 1. The van der Waals surface area contributed by atoms with Gasteiger partial charge in [0, 0.05) is 23.3 Å². The number of hydrogen-bond donors (Lipinski definition) is 3. The molecule has 0 saturated heterocycles. The minimum absolute atomic E-state index is 0.0131. The lowest BCUT2D eigenvalue weighted by Gasteiger charge is -2.30. The molecule has 1 saturated carbocycles. The van der Waals surface area contributed by atoms with Gasteiger partial charge in [0.25, 0.3) is 0 Å². The van der Waals surface area contributed by atoms with E-state index in [0.29, 0.717) is 6.42 Å². The first-order chi connectivity index (χ1) is 8.14. The summed E-state index contributed by atoms with van der Waals surface area (Å²) in [5.74, 6) is -0.0131. The topological polar surface area (TPSA) is 78.0 Å². The van der Waals surface area contributed by atoms with Crippen LogP contribution in [0.4, 0.5) is 0 Å². The van der Waals surface area contributed by atoms with E-state index < -0.39 is 0 Å². The molecule has 0 aromatic carbocycles. The standard InChI is InChI=1S/C12H19N3O2/c1-12(8-16)5-2-3-10(12)14-11(17)7-9-4-6-13-15-9/h4,6,10,16H,2-3,5,7-8H2,1H3,(H,13,15)(H,14,17). The van der Waals surface area contributed by atoms with Crippen molar-refractivity contribution >= 4 is 5.91 Å². The molecule has 17 heavy (non-hydrogen) atoms. The molecule has 1 heterocycles. The highest BCUT2D eigenvalue weighted by molar-refractivity contribution is 5.78. The first kappa shape index (κ1) is 12.1. The summed E-state index contributed by atoms with van der Waals surface area (Å²) in [6, 6.07) is 1.88. The molecule has 1 fully saturated rings. The molecule has 5 nitrogen and oxygen atoms in total. The summed E-state index contributed by atoms with van der Waals surface area (Å²) in [7, 11) is 0. The molecule has 2 atom stereocenters. The van der Waals surface area contributed by atoms with E-state index in [4.69, 9.17) is 0 Å². The molecule has 5 heteroatoms. The normalized spacial score (nSPS) is 28.2. The van der Waals surface area contributed by atoms with E-state index in [1.165, 1.54) is 0 Å². The molecule has 1 aromatic rings. The van der Waals surface area contributed by atoms with Gasteiger partial charge in [0.1, 0.15) is 0 Å². The number of rotatable bonds is 4. The van der Waals surface area contributed by atoms with Crippen LogP contribution in [-0.4, -0.2) is 33.9 Å². The second-order valence-electron chi connectivity index (χ2n) is 5.08. The van der Waals surface area contributed by atoms with Crippen LogP contribution in [0.3, 0.4) is 0 Å². The van der Waals surface area contributed by atoms with Gasteiger partial charge in [-0.25, -0.2) is 0 Å². The lowest BCUT2D eigenvalue weighted by atomic mass is 9.86. The van der Waals surface area contributed by atoms with Crippen LogP contribution in [0.5, 0.6) is 0 Å². The predicted octanol–water partition coefficient (Wildman–Crippen LogP) is 0.619.